The van der Waals surface area contributed by atoms with E-state index in [0.717, 1.165) is 27.7 Å². The molecule has 1 saturated heterocycles. The van der Waals surface area contributed by atoms with Gasteiger partial charge in [0.05, 0.1) is 11.2 Å². The van der Waals surface area contributed by atoms with Crippen LogP contribution < -0.4 is 11.2 Å². The zero-order valence-corrected chi connectivity index (χ0v) is 19.1. The Bertz CT molecular complexity index is 1100. The Morgan fingerprint density at radius 2 is 1.47 bits per heavy atom. The lowest BCUT2D eigenvalue weighted by Gasteiger charge is -2.32. The molecule has 32 heavy (non-hydrogen) atoms. The molecule has 6 heteroatoms. The summed E-state index contributed by atoms with van der Waals surface area (Å²) in [6.07, 6.45) is 2.55. The first-order valence-electron chi connectivity index (χ1n) is 10.9. The summed E-state index contributed by atoms with van der Waals surface area (Å²) in [7, 11) is -0.498. The Morgan fingerprint density at radius 3 is 2.06 bits per heavy atom. The van der Waals surface area contributed by atoms with Crippen molar-refractivity contribution < 1.29 is 14.1 Å². The van der Waals surface area contributed by atoms with E-state index in [9.17, 15) is 4.79 Å². The zero-order chi connectivity index (χ0) is 22.9. The van der Waals surface area contributed by atoms with Gasteiger partial charge in [-0.05, 0) is 50.5 Å². The predicted octanol–water partition coefficient (Wildman–Crippen LogP) is 3.98. The van der Waals surface area contributed by atoms with Crippen molar-refractivity contribution >= 4 is 24.2 Å². The Labute approximate surface area is 190 Å². The molecule has 1 aliphatic heterocycles. The van der Waals surface area contributed by atoms with Crippen LogP contribution in [0.1, 0.15) is 38.8 Å². The number of rotatable bonds is 6. The first-order chi connectivity index (χ1) is 15.1. The maximum absolute atomic E-state index is 12.4. The van der Waals surface area contributed by atoms with Crippen LogP contribution >= 0.6 is 0 Å². The molecule has 1 aromatic heterocycles. The number of nitrogens with zero attached hydrogens (tertiary/aromatic N) is 1. The maximum atomic E-state index is 12.4. The molecule has 0 spiro atoms. The average Bonchev–Trinajstić information content (AvgIpc) is 2.97. The highest BCUT2D eigenvalue weighted by atomic mass is 16.7. The molecule has 3 aromatic rings. The molecule has 4 rings (SSSR count). The predicted molar refractivity (Wildman–Crippen MR) is 129 cm³/mol. The summed E-state index contributed by atoms with van der Waals surface area (Å²) in [6.45, 7) is 8.10. The van der Waals surface area contributed by atoms with Crippen LogP contribution in [-0.4, -0.2) is 29.1 Å². The minimum absolute atomic E-state index is 0.188. The van der Waals surface area contributed by atoms with Gasteiger partial charge < -0.3 is 15.0 Å². The summed E-state index contributed by atoms with van der Waals surface area (Å²) >= 11 is 0. The van der Waals surface area contributed by atoms with Gasteiger partial charge in [0.15, 0.2) is 0 Å². The lowest BCUT2D eigenvalue weighted by Crippen LogP contribution is -2.41. The van der Waals surface area contributed by atoms with Gasteiger partial charge in [0.1, 0.15) is 11.6 Å². The Morgan fingerprint density at radius 1 is 0.906 bits per heavy atom. The van der Waals surface area contributed by atoms with Crippen LogP contribution in [0, 0.1) is 0 Å². The van der Waals surface area contributed by atoms with E-state index >= 15 is 0 Å². The molecule has 5 nitrogen and oxygen atoms in total. The number of nitrogens with two attached hydrogens (primary N) is 1. The minimum Gasteiger partial charge on any atom is -0.399 e. The summed E-state index contributed by atoms with van der Waals surface area (Å²) in [4.78, 5) is 16.8. The fraction of sp³-hybridized carbons (Fsp3) is 0.308. The van der Waals surface area contributed by atoms with E-state index in [1.807, 2.05) is 88.4 Å². The van der Waals surface area contributed by atoms with Gasteiger partial charge in [-0.15, -0.1) is 0 Å². The smallest absolute Gasteiger partial charge is 0.399 e. The highest BCUT2D eigenvalue weighted by molar-refractivity contribution is 6.62. The number of ketones is 1. The first-order valence-corrected chi connectivity index (χ1v) is 10.9. The molecule has 2 heterocycles. The van der Waals surface area contributed by atoms with Gasteiger partial charge in [-0.1, -0.05) is 54.6 Å². The minimum atomic E-state index is -0.498. The summed E-state index contributed by atoms with van der Waals surface area (Å²) < 4.78 is 12.3. The number of pyridine rings is 1. The number of aromatic nitrogens is 1. The molecule has 0 amide bonds. The van der Waals surface area contributed by atoms with Crippen molar-refractivity contribution in [3.63, 3.8) is 0 Å². The highest BCUT2D eigenvalue weighted by Crippen LogP contribution is 2.36. The molecule has 2 aromatic carbocycles. The van der Waals surface area contributed by atoms with E-state index < -0.39 is 18.3 Å². The van der Waals surface area contributed by atoms with Crippen LogP contribution in [0.2, 0.25) is 0 Å². The molecule has 164 valence electrons. The number of benzene rings is 2. The second-order valence-corrected chi connectivity index (χ2v) is 9.36. The Kier molecular flexibility index (Phi) is 5.93. The summed E-state index contributed by atoms with van der Waals surface area (Å²) in [5.74, 6) is 0.631. The molecule has 0 atom stereocenters. The van der Waals surface area contributed by atoms with Gasteiger partial charge in [0, 0.05) is 30.1 Å². The number of carbonyl (C=O) groups excluding carboxylic acids is 1. The van der Waals surface area contributed by atoms with Crippen molar-refractivity contribution in [3.8, 4) is 11.1 Å². The number of carbonyl (C=O) groups is 1. The molecule has 2 N–H and O–H groups in total. The van der Waals surface area contributed by atoms with Gasteiger partial charge in [-0.25, -0.2) is 4.98 Å². The topological polar surface area (TPSA) is 74.4 Å². The fourth-order valence-corrected chi connectivity index (χ4v) is 3.75. The van der Waals surface area contributed by atoms with Gasteiger partial charge in [-0.3, -0.25) is 4.79 Å². The van der Waals surface area contributed by atoms with Crippen molar-refractivity contribution in [1.29, 1.82) is 0 Å². The van der Waals surface area contributed by atoms with Crippen molar-refractivity contribution in [2.75, 3.05) is 5.73 Å². The third-order valence-electron chi connectivity index (χ3n) is 6.38. The van der Waals surface area contributed by atoms with E-state index in [4.69, 9.17) is 15.0 Å². The van der Waals surface area contributed by atoms with Crippen LogP contribution in [0.3, 0.4) is 0 Å². The van der Waals surface area contributed by atoms with Crippen molar-refractivity contribution in [1.82, 2.24) is 4.98 Å². The fourth-order valence-electron chi connectivity index (χ4n) is 3.75. The highest BCUT2D eigenvalue weighted by Gasteiger charge is 2.51. The maximum Gasteiger partial charge on any atom is 0.496 e. The van der Waals surface area contributed by atoms with Gasteiger partial charge in [-0.2, -0.15) is 0 Å². The Hall–Kier alpha value is -2.96. The first kappa shape index (κ1) is 22.2. The largest absolute Gasteiger partial charge is 0.496 e. The quantitative estimate of drug-likeness (QED) is 0.601. The van der Waals surface area contributed by atoms with Crippen molar-refractivity contribution in [2.45, 2.75) is 51.7 Å². The SMILES string of the molecule is CC1(C)OB(c2cnc(N)c(-c3ccc(CC(=O)Cc4ccccc4)cc3)c2)OC1(C)C. The monoisotopic (exact) mass is 428 g/mol. The molecule has 1 fully saturated rings. The molecule has 1 aliphatic rings. The Balaban J connectivity index is 1.49. The van der Waals surface area contributed by atoms with Crippen molar-refractivity contribution in [2.24, 2.45) is 0 Å². The van der Waals surface area contributed by atoms with E-state index in [0.29, 0.717) is 18.7 Å². The summed E-state index contributed by atoms with van der Waals surface area (Å²) in [5, 5.41) is 0. The number of nitrogen functional groups attached to an aromatic ring is 1. The molecular weight excluding hydrogens is 399 g/mol. The molecule has 0 unspecified atom stereocenters. The van der Waals surface area contributed by atoms with E-state index in [-0.39, 0.29) is 5.78 Å². The standard InChI is InChI=1S/C26H29BN2O3/c1-25(2)26(3,4)32-27(31-25)21-16-23(24(28)29-17-21)20-12-10-19(11-13-20)15-22(30)14-18-8-6-5-7-9-18/h5-13,16-17H,14-15H2,1-4H3,(H2,28,29). The molecular formula is C26H29BN2O3. The number of Topliss-reactive ketones (excluding diaryl/α,β-unsaturated/α-hetero) is 1. The summed E-state index contributed by atoms with van der Waals surface area (Å²) in [5.41, 5.74) is 9.93. The third-order valence-corrected chi connectivity index (χ3v) is 6.38. The van der Waals surface area contributed by atoms with Crippen molar-refractivity contribution in [3.05, 3.63) is 78.0 Å². The second-order valence-electron chi connectivity index (χ2n) is 9.36. The van der Waals surface area contributed by atoms with Gasteiger partial charge in [0.2, 0.25) is 0 Å². The average molecular weight is 428 g/mol. The van der Waals surface area contributed by atoms with E-state index in [2.05, 4.69) is 4.98 Å². The number of hydrogen-bond donors (Lipinski definition) is 1. The summed E-state index contributed by atoms with van der Waals surface area (Å²) in [6, 6.07) is 19.7. The second kappa shape index (κ2) is 8.53. The lowest BCUT2D eigenvalue weighted by molar-refractivity contribution is -0.117. The molecule has 0 bridgehead atoms. The molecule has 0 radical (unpaired) electrons. The molecule has 0 aliphatic carbocycles. The zero-order valence-electron chi connectivity index (χ0n) is 19.1. The number of anilines is 1. The lowest BCUT2D eigenvalue weighted by atomic mass is 9.79. The van der Waals surface area contributed by atoms with Crippen LogP contribution in [0.4, 0.5) is 5.82 Å². The van der Waals surface area contributed by atoms with Crippen LogP contribution in [-0.2, 0) is 26.9 Å². The van der Waals surface area contributed by atoms with E-state index in [1.165, 1.54) is 0 Å². The molecule has 0 saturated carbocycles. The van der Waals surface area contributed by atoms with Crippen LogP contribution in [0.25, 0.3) is 11.1 Å². The van der Waals surface area contributed by atoms with Gasteiger partial charge in [0.25, 0.3) is 0 Å². The van der Waals surface area contributed by atoms with Gasteiger partial charge >= 0.3 is 7.12 Å². The normalized spacial score (nSPS) is 16.8. The van der Waals surface area contributed by atoms with Crippen LogP contribution in [0.5, 0.6) is 0 Å². The van der Waals surface area contributed by atoms with Crippen LogP contribution in [0.15, 0.2) is 66.9 Å². The van der Waals surface area contributed by atoms with E-state index in [1.54, 1.807) is 6.20 Å². The third kappa shape index (κ3) is 4.62. The number of hydrogen-bond acceptors (Lipinski definition) is 5.